The summed E-state index contributed by atoms with van der Waals surface area (Å²) >= 11 is 0. The standard InChI is InChI=1S/C19H29FN4O/c1-4-15(20)11-16(13(2)21)14(3)23-18(12-17(22)25)24-9-7-19(5-6-19)8-10-24/h4,11-13H,5-10,21H2,1-3H3,(H2,22,25)/b15-4+,16-11-,18-12+,23-14+. The van der Waals surface area contributed by atoms with Gasteiger partial charge in [0.15, 0.2) is 0 Å². The lowest BCUT2D eigenvalue weighted by Gasteiger charge is -2.34. The second kappa shape index (κ2) is 7.95. The van der Waals surface area contributed by atoms with Crippen molar-refractivity contribution in [3.05, 3.63) is 35.4 Å². The molecule has 1 spiro atoms. The smallest absolute Gasteiger partial charge is 0.245 e. The Morgan fingerprint density at radius 3 is 2.28 bits per heavy atom. The Kier molecular flexibility index (Phi) is 6.16. The van der Waals surface area contributed by atoms with Crippen LogP contribution in [0.25, 0.3) is 0 Å². The monoisotopic (exact) mass is 348 g/mol. The quantitative estimate of drug-likeness (QED) is 0.440. The molecule has 6 heteroatoms. The van der Waals surface area contributed by atoms with Gasteiger partial charge < -0.3 is 16.4 Å². The van der Waals surface area contributed by atoms with Crippen LogP contribution in [0.5, 0.6) is 0 Å². The van der Waals surface area contributed by atoms with E-state index in [4.69, 9.17) is 11.5 Å². The van der Waals surface area contributed by atoms with Crippen molar-refractivity contribution in [1.82, 2.24) is 4.90 Å². The van der Waals surface area contributed by atoms with Crippen LogP contribution in [0.15, 0.2) is 40.4 Å². The summed E-state index contributed by atoms with van der Waals surface area (Å²) in [4.78, 5) is 18.1. The molecule has 1 amide bonds. The average molecular weight is 348 g/mol. The largest absolute Gasteiger partial charge is 0.366 e. The van der Waals surface area contributed by atoms with Crippen molar-refractivity contribution >= 4 is 11.6 Å². The van der Waals surface area contributed by atoms with E-state index in [9.17, 15) is 9.18 Å². The Labute approximate surface area is 149 Å². The van der Waals surface area contributed by atoms with E-state index in [2.05, 4.69) is 9.89 Å². The molecule has 0 aromatic carbocycles. The lowest BCUT2D eigenvalue weighted by atomic mass is 9.94. The number of carbonyl (C=O) groups excluding carboxylic acids is 1. The van der Waals surface area contributed by atoms with Crippen LogP contribution < -0.4 is 11.5 Å². The van der Waals surface area contributed by atoms with Crippen LogP contribution >= 0.6 is 0 Å². The molecule has 1 aliphatic heterocycles. The Morgan fingerprint density at radius 1 is 1.24 bits per heavy atom. The van der Waals surface area contributed by atoms with E-state index in [0.29, 0.717) is 22.5 Å². The van der Waals surface area contributed by atoms with Gasteiger partial charge in [-0.15, -0.1) is 0 Å². The van der Waals surface area contributed by atoms with Crippen LogP contribution in [0.3, 0.4) is 0 Å². The number of nitrogens with zero attached hydrogens (tertiary/aromatic N) is 2. The summed E-state index contributed by atoms with van der Waals surface area (Å²) < 4.78 is 13.7. The highest BCUT2D eigenvalue weighted by molar-refractivity contribution is 6.00. The molecule has 5 nitrogen and oxygen atoms in total. The third-order valence-electron chi connectivity index (χ3n) is 5.14. The number of amides is 1. The second-order valence-corrected chi connectivity index (χ2v) is 7.15. The summed E-state index contributed by atoms with van der Waals surface area (Å²) in [5.74, 6) is -0.368. The first-order chi connectivity index (χ1) is 11.8. The zero-order valence-corrected chi connectivity index (χ0v) is 15.4. The van der Waals surface area contributed by atoms with Crippen molar-refractivity contribution in [3.8, 4) is 0 Å². The highest BCUT2D eigenvalue weighted by Crippen LogP contribution is 2.53. The molecule has 1 saturated heterocycles. The van der Waals surface area contributed by atoms with Gasteiger partial charge >= 0.3 is 0 Å². The number of nitrogens with two attached hydrogens (primary N) is 2. The summed E-state index contributed by atoms with van der Waals surface area (Å²) in [6.07, 6.45) is 8.94. The number of halogens is 1. The zero-order valence-electron chi connectivity index (χ0n) is 15.4. The van der Waals surface area contributed by atoms with Gasteiger partial charge in [-0.3, -0.25) is 4.79 Å². The predicted molar refractivity (Wildman–Crippen MR) is 99.5 cm³/mol. The molecule has 2 aliphatic rings. The molecule has 1 atom stereocenters. The maximum atomic E-state index is 13.7. The van der Waals surface area contributed by atoms with Gasteiger partial charge in [0.25, 0.3) is 0 Å². The average Bonchev–Trinajstić information content (AvgIpc) is 3.30. The number of carbonyl (C=O) groups is 1. The highest BCUT2D eigenvalue weighted by Gasteiger charge is 2.44. The van der Waals surface area contributed by atoms with Crippen LogP contribution in [0.4, 0.5) is 4.39 Å². The zero-order chi connectivity index (χ0) is 18.6. The Bertz CT molecular complexity index is 632. The molecule has 25 heavy (non-hydrogen) atoms. The summed E-state index contributed by atoms with van der Waals surface area (Å²) in [6.45, 7) is 6.89. The van der Waals surface area contributed by atoms with Crippen LogP contribution in [0.2, 0.25) is 0 Å². The van der Waals surface area contributed by atoms with Gasteiger partial charge in [-0.1, -0.05) is 6.08 Å². The Hall–Kier alpha value is -1.95. The fourth-order valence-electron chi connectivity index (χ4n) is 3.24. The number of rotatable bonds is 6. The summed E-state index contributed by atoms with van der Waals surface area (Å²) in [5.41, 5.74) is 13.0. The van der Waals surface area contributed by atoms with Crippen molar-refractivity contribution in [2.75, 3.05) is 13.1 Å². The lowest BCUT2D eigenvalue weighted by molar-refractivity contribution is -0.113. The van der Waals surface area contributed by atoms with Crippen molar-refractivity contribution in [3.63, 3.8) is 0 Å². The molecule has 1 unspecified atom stereocenters. The van der Waals surface area contributed by atoms with Gasteiger partial charge in [0.1, 0.15) is 11.6 Å². The fourth-order valence-corrected chi connectivity index (χ4v) is 3.24. The van der Waals surface area contributed by atoms with Gasteiger partial charge in [-0.25, -0.2) is 9.38 Å². The number of hydrogen-bond donors (Lipinski definition) is 2. The first-order valence-corrected chi connectivity index (χ1v) is 8.87. The van der Waals surface area contributed by atoms with Crippen LogP contribution in [0.1, 0.15) is 46.5 Å². The molecule has 2 fully saturated rings. The predicted octanol–water partition coefficient (Wildman–Crippen LogP) is 2.80. The fraction of sp³-hybridized carbons (Fsp3) is 0.579. The van der Waals surface area contributed by atoms with Gasteiger partial charge in [-0.2, -0.15) is 0 Å². The maximum absolute atomic E-state index is 13.7. The van der Waals surface area contributed by atoms with Crippen molar-refractivity contribution in [2.45, 2.75) is 52.5 Å². The second-order valence-electron chi connectivity index (χ2n) is 7.15. The topological polar surface area (TPSA) is 84.7 Å². The first-order valence-electron chi connectivity index (χ1n) is 8.87. The van der Waals surface area contributed by atoms with Gasteiger partial charge in [0, 0.05) is 30.9 Å². The Morgan fingerprint density at radius 2 is 1.84 bits per heavy atom. The molecule has 1 aliphatic carbocycles. The molecule has 1 saturated carbocycles. The normalized spacial score (nSPS) is 23.0. The van der Waals surface area contributed by atoms with Crippen LogP contribution in [-0.4, -0.2) is 35.7 Å². The molecule has 0 aromatic heterocycles. The minimum atomic E-state index is -0.538. The summed E-state index contributed by atoms with van der Waals surface area (Å²) in [6, 6.07) is -0.375. The number of likely N-dealkylation sites (tertiary alicyclic amines) is 1. The van der Waals surface area contributed by atoms with E-state index >= 15 is 0 Å². The number of aliphatic imine (C=N–C) groups is 1. The lowest BCUT2D eigenvalue weighted by Crippen LogP contribution is -2.34. The van der Waals surface area contributed by atoms with E-state index in [0.717, 1.165) is 25.9 Å². The van der Waals surface area contributed by atoms with Crippen molar-refractivity contribution < 1.29 is 9.18 Å². The molecule has 4 N–H and O–H groups in total. The van der Waals surface area contributed by atoms with Crippen LogP contribution in [-0.2, 0) is 4.79 Å². The van der Waals surface area contributed by atoms with Gasteiger partial charge in [0.2, 0.25) is 5.91 Å². The number of hydrogen-bond acceptors (Lipinski definition) is 4. The first kappa shape index (κ1) is 19.4. The third kappa shape index (κ3) is 5.26. The van der Waals surface area contributed by atoms with Crippen LogP contribution in [0, 0.1) is 5.41 Å². The van der Waals surface area contributed by atoms with E-state index in [1.807, 2.05) is 0 Å². The highest BCUT2D eigenvalue weighted by atomic mass is 19.1. The molecule has 0 aromatic rings. The molecular weight excluding hydrogens is 319 g/mol. The maximum Gasteiger partial charge on any atom is 0.245 e. The minimum Gasteiger partial charge on any atom is -0.366 e. The van der Waals surface area contributed by atoms with Gasteiger partial charge in [0.05, 0.1) is 0 Å². The van der Waals surface area contributed by atoms with Crippen molar-refractivity contribution in [2.24, 2.45) is 21.9 Å². The van der Waals surface area contributed by atoms with Gasteiger partial charge in [-0.05, 0) is 63.5 Å². The van der Waals surface area contributed by atoms with E-state index < -0.39 is 5.91 Å². The van der Waals surface area contributed by atoms with Crippen molar-refractivity contribution in [1.29, 1.82) is 0 Å². The Balaban J connectivity index is 2.26. The third-order valence-corrected chi connectivity index (χ3v) is 5.14. The van der Waals surface area contributed by atoms with E-state index in [1.165, 1.54) is 31.1 Å². The molecule has 138 valence electrons. The summed E-state index contributed by atoms with van der Waals surface area (Å²) in [5, 5.41) is 0. The molecule has 2 rings (SSSR count). The summed E-state index contributed by atoms with van der Waals surface area (Å²) in [7, 11) is 0. The number of allylic oxidation sites excluding steroid dienone is 3. The molecule has 0 bridgehead atoms. The van der Waals surface area contributed by atoms with E-state index in [-0.39, 0.29) is 11.9 Å². The molecule has 0 radical (unpaired) electrons. The molecule has 1 heterocycles. The number of primary amides is 1. The van der Waals surface area contributed by atoms with E-state index in [1.54, 1.807) is 20.8 Å². The SMILES string of the molecule is C\C=C(F)/C=C(\C(C)=N\C(=C/C(N)=O)N1CCC2(CC1)CC2)C(C)N. The minimum absolute atomic E-state index is 0.365. The molecular formula is C19H29FN4O. The number of piperidine rings is 1.